The highest BCUT2D eigenvalue weighted by atomic mass is 19.2. The molecule has 0 aliphatic heterocycles. The SMILES string of the molecule is CCOCc1ccc(C(=O)Oc2ccc(-c3ccc(C4CCC(OC)CC4)c(F)c3F)cc2)c(F)c1F. The van der Waals surface area contributed by atoms with E-state index in [2.05, 4.69) is 0 Å². The molecular weight excluding hydrogens is 488 g/mol. The molecule has 0 N–H and O–H groups in total. The Kier molecular flexibility index (Phi) is 8.61. The summed E-state index contributed by atoms with van der Waals surface area (Å²) in [6, 6.07) is 11.2. The lowest BCUT2D eigenvalue weighted by molar-refractivity contribution is 0.0655. The van der Waals surface area contributed by atoms with E-state index in [1.807, 2.05) is 0 Å². The predicted octanol–water partition coefficient (Wildman–Crippen LogP) is 7.34. The third-order valence-electron chi connectivity index (χ3n) is 6.78. The van der Waals surface area contributed by atoms with E-state index in [-0.39, 0.29) is 35.5 Å². The van der Waals surface area contributed by atoms with E-state index in [1.54, 1.807) is 26.2 Å². The first kappa shape index (κ1) is 26.8. The molecule has 0 spiro atoms. The number of rotatable bonds is 8. The van der Waals surface area contributed by atoms with E-state index in [9.17, 15) is 22.4 Å². The van der Waals surface area contributed by atoms with E-state index < -0.39 is 34.8 Å². The van der Waals surface area contributed by atoms with Crippen LogP contribution in [0.15, 0.2) is 48.5 Å². The van der Waals surface area contributed by atoms with Gasteiger partial charge < -0.3 is 14.2 Å². The van der Waals surface area contributed by atoms with Crippen LogP contribution in [-0.4, -0.2) is 25.8 Å². The highest BCUT2D eigenvalue weighted by molar-refractivity contribution is 5.91. The van der Waals surface area contributed by atoms with Crippen LogP contribution < -0.4 is 4.74 Å². The van der Waals surface area contributed by atoms with Crippen molar-refractivity contribution < 1.29 is 36.6 Å². The van der Waals surface area contributed by atoms with Gasteiger partial charge in [-0.25, -0.2) is 22.4 Å². The van der Waals surface area contributed by atoms with E-state index in [0.29, 0.717) is 17.7 Å². The summed E-state index contributed by atoms with van der Waals surface area (Å²) in [5.41, 5.74) is 0.238. The van der Waals surface area contributed by atoms with Gasteiger partial charge in [-0.3, -0.25) is 0 Å². The Balaban J connectivity index is 1.47. The normalized spacial score (nSPS) is 17.6. The third kappa shape index (κ3) is 5.86. The zero-order valence-electron chi connectivity index (χ0n) is 20.7. The fourth-order valence-electron chi connectivity index (χ4n) is 4.65. The molecule has 4 rings (SSSR count). The van der Waals surface area contributed by atoms with Crippen molar-refractivity contribution in [3.05, 3.63) is 88.5 Å². The van der Waals surface area contributed by atoms with Gasteiger partial charge in [-0.05, 0) is 67.9 Å². The number of methoxy groups -OCH3 is 1. The van der Waals surface area contributed by atoms with Crippen LogP contribution >= 0.6 is 0 Å². The minimum Gasteiger partial charge on any atom is -0.423 e. The second-order valence-electron chi connectivity index (χ2n) is 8.99. The van der Waals surface area contributed by atoms with Crippen LogP contribution in [0, 0.1) is 23.3 Å². The summed E-state index contributed by atoms with van der Waals surface area (Å²) in [5.74, 6) is -5.41. The van der Waals surface area contributed by atoms with Gasteiger partial charge >= 0.3 is 5.97 Å². The minimum absolute atomic E-state index is 0.0109. The first-order valence-corrected chi connectivity index (χ1v) is 12.2. The second kappa shape index (κ2) is 11.9. The Hall–Kier alpha value is -3.23. The summed E-state index contributed by atoms with van der Waals surface area (Å²) in [7, 11) is 1.66. The lowest BCUT2D eigenvalue weighted by Crippen LogP contribution is -2.20. The highest BCUT2D eigenvalue weighted by Gasteiger charge is 2.26. The molecule has 0 aromatic heterocycles. The highest BCUT2D eigenvalue weighted by Crippen LogP contribution is 2.38. The minimum atomic E-state index is -1.33. The molecule has 0 bridgehead atoms. The molecule has 196 valence electrons. The fourth-order valence-corrected chi connectivity index (χ4v) is 4.65. The van der Waals surface area contributed by atoms with Crippen molar-refractivity contribution in [1.29, 1.82) is 0 Å². The Morgan fingerprint density at radius 2 is 1.54 bits per heavy atom. The molecule has 4 nitrogen and oxygen atoms in total. The van der Waals surface area contributed by atoms with Crippen molar-refractivity contribution in [1.82, 2.24) is 0 Å². The zero-order valence-corrected chi connectivity index (χ0v) is 20.7. The summed E-state index contributed by atoms with van der Waals surface area (Å²) in [6.45, 7) is 1.93. The summed E-state index contributed by atoms with van der Waals surface area (Å²) < 4.78 is 74.2. The van der Waals surface area contributed by atoms with Crippen LogP contribution in [-0.2, 0) is 16.1 Å². The maximum Gasteiger partial charge on any atom is 0.346 e. The smallest absolute Gasteiger partial charge is 0.346 e. The molecule has 1 saturated carbocycles. The molecule has 0 radical (unpaired) electrons. The topological polar surface area (TPSA) is 44.8 Å². The predicted molar refractivity (Wildman–Crippen MR) is 130 cm³/mol. The number of carbonyl (C=O) groups excluding carboxylic acids is 1. The van der Waals surface area contributed by atoms with Crippen molar-refractivity contribution >= 4 is 5.97 Å². The van der Waals surface area contributed by atoms with Crippen LogP contribution in [0.2, 0.25) is 0 Å². The molecule has 3 aromatic carbocycles. The molecule has 1 aliphatic rings. The lowest BCUT2D eigenvalue weighted by atomic mass is 9.82. The Bertz CT molecular complexity index is 1250. The van der Waals surface area contributed by atoms with Gasteiger partial charge in [0.05, 0.1) is 18.3 Å². The van der Waals surface area contributed by atoms with Gasteiger partial charge in [-0.15, -0.1) is 0 Å². The van der Waals surface area contributed by atoms with E-state index >= 15 is 0 Å². The molecule has 0 unspecified atom stereocenters. The molecule has 37 heavy (non-hydrogen) atoms. The number of benzene rings is 3. The van der Waals surface area contributed by atoms with Gasteiger partial charge in [0.2, 0.25) is 0 Å². The van der Waals surface area contributed by atoms with Crippen molar-refractivity contribution in [3.63, 3.8) is 0 Å². The molecule has 0 heterocycles. The van der Waals surface area contributed by atoms with Gasteiger partial charge in [0.25, 0.3) is 0 Å². The molecular formula is C29H28F4O4. The van der Waals surface area contributed by atoms with Crippen molar-refractivity contribution in [3.8, 4) is 16.9 Å². The number of esters is 1. The monoisotopic (exact) mass is 516 g/mol. The molecule has 0 amide bonds. The average Bonchev–Trinajstić information content (AvgIpc) is 2.91. The first-order chi connectivity index (χ1) is 17.8. The molecule has 8 heteroatoms. The quantitative estimate of drug-likeness (QED) is 0.179. The maximum absolute atomic E-state index is 15.0. The van der Waals surface area contributed by atoms with Crippen molar-refractivity contribution in [2.45, 2.75) is 51.2 Å². The summed E-state index contributed by atoms with van der Waals surface area (Å²) >= 11 is 0. The Morgan fingerprint density at radius 3 is 2.19 bits per heavy atom. The van der Waals surface area contributed by atoms with Crippen LogP contribution in [0.5, 0.6) is 5.75 Å². The van der Waals surface area contributed by atoms with Gasteiger partial charge in [-0.1, -0.05) is 30.3 Å². The van der Waals surface area contributed by atoms with E-state index in [0.717, 1.165) is 31.7 Å². The standard InChI is InChI=1S/C29H28F4O4/c1-3-36-16-19-8-13-24(28(33)25(19)30)29(34)37-21-11-6-18(7-12-21)23-15-14-22(26(31)27(23)32)17-4-9-20(35-2)10-5-17/h6-8,11-15,17,20H,3-5,9-10,16H2,1-2H3. The number of halogens is 4. The van der Waals surface area contributed by atoms with Crippen molar-refractivity contribution in [2.75, 3.05) is 13.7 Å². The van der Waals surface area contributed by atoms with Crippen LogP contribution in [0.3, 0.4) is 0 Å². The van der Waals surface area contributed by atoms with Crippen LogP contribution in [0.4, 0.5) is 17.6 Å². The number of hydrogen-bond donors (Lipinski definition) is 0. The van der Waals surface area contributed by atoms with Gasteiger partial charge in [-0.2, -0.15) is 0 Å². The Labute approximate surface area is 213 Å². The fraction of sp³-hybridized carbons (Fsp3) is 0.345. The molecule has 3 aromatic rings. The van der Waals surface area contributed by atoms with Crippen molar-refractivity contribution in [2.24, 2.45) is 0 Å². The van der Waals surface area contributed by atoms with Gasteiger partial charge in [0.1, 0.15) is 5.75 Å². The third-order valence-corrected chi connectivity index (χ3v) is 6.78. The number of carbonyl (C=O) groups is 1. The zero-order chi connectivity index (χ0) is 26.5. The Morgan fingerprint density at radius 1 is 0.838 bits per heavy atom. The van der Waals surface area contributed by atoms with E-state index in [4.69, 9.17) is 14.2 Å². The summed E-state index contributed by atoms with van der Waals surface area (Å²) in [4.78, 5) is 12.4. The average molecular weight is 517 g/mol. The van der Waals surface area contributed by atoms with E-state index in [1.165, 1.54) is 30.3 Å². The molecule has 0 atom stereocenters. The first-order valence-electron chi connectivity index (χ1n) is 12.2. The second-order valence-corrected chi connectivity index (χ2v) is 8.99. The summed E-state index contributed by atoms with van der Waals surface area (Å²) in [5, 5.41) is 0. The van der Waals surface area contributed by atoms with Gasteiger partial charge in [0, 0.05) is 24.8 Å². The summed E-state index contributed by atoms with van der Waals surface area (Å²) in [6.07, 6.45) is 3.23. The van der Waals surface area contributed by atoms with Gasteiger partial charge in [0.15, 0.2) is 23.3 Å². The maximum atomic E-state index is 15.0. The number of ether oxygens (including phenoxy) is 3. The largest absolute Gasteiger partial charge is 0.423 e. The molecule has 0 saturated heterocycles. The lowest BCUT2D eigenvalue weighted by Gasteiger charge is -2.28. The van der Waals surface area contributed by atoms with Crippen LogP contribution in [0.25, 0.3) is 11.1 Å². The molecule has 1 aliphatic carbocycles. The molecule has 1 fully saturated rings. The van der Waals surface area contributed by atoms with Crippen LogP contribution in [0.1, 0.15) is 60.0 Å². The number of hydrogen-bond acceptors (Lipinski definition) is 4.